The third-order valence-electron chi connectivity index (χ3n) is 3.84. The summed E-state index contributed by atoms with van der Waals surface area (Å²) < 4.78 is 0. The highest BCUT2D eigenvalue weighted by molar-refractivity contribution is 5.14. The van der Waals surface area contributed by atoms with Crippen LogP contribution in [-0.2, 0) is 6.54 Å². The first-order chi connectivity index (χ1) is 9.15. The number of rotatable bonds is 5. The molecule has 0 unspecified atom stereocenters. The van der Waals surface area contributed by atoms with Gasteiger partial charge in [-0.05, 0) is 24.4 Å². The molecular formula is C16H26N2O. The fourth-order valence-corrected chi connectivity index (χ4v) is 2.66. The Labute approximate surface area is 116 Å². The molecule has 0 amide bonds. The van der Waals surface area contributed by atoms with Gasteiger partial charge in [-0.3, -0.25) is 4.90 Å². The maximum atomic E-state index is 10.2. The summed E-state index contributed by atoms with van der Waals surface area (Å²) in [4.78, 5) is 2.35. The van der Waals surface area contributed by atoms with Gasteiger partial charge in [-0.1, -0.05) is 44.2 Å². The van der Waals surface area contributed by atoms with Crippen molar-refractivity contribution in [1.29, 1.82) is 0 Å². The van der Waals surface area contributed by atoms with E-state index in [0.717, 1.165) is 32.6 Å². The minimum Gasteiger partial charge on any atom is -0.391 e. The van der Waals surface area contributed by atoms with Crippen molar-refractivity contribution in [3.05, 3.63) is 35.9 Å². The topological polar surface area (TPSA) is 35.5 Å². The van der Waals surface area contributed by atoms with Crippen molar-refractivity contribution in [3.8, 4) is 0 Å². The number of hydrogen-bond donors (Lipinski definition) is 2. The van der Waals surface area contributed by atoms with Crippen LogP contribution in [0.15, 0.2) is 30.3 Å². The van der Waals surface area contributed by atoms with Gasteiger partial charge in [0.2, 0.25) is 0 Å². The molecule has 1 saturated heterocycles. The van der Waals surface area contributed by atoms with Crippen LogP contribution in [0.25, 0.3) is 0 Å². The van der Waals surface area contributed by atoms with Gasteiger partial charge in [-0.25, -0.2) is 0 Å². The molecule has 106 valence electrons. The molecule has 2 rings (SSSR count). The quantitative estimate of drug-likeness (QED) is 0.850. The number of β-amino-alcohol motifs (C(OH)–C–C–N with tert-alkyl or cyclic N) is 1. The van der Waals surface area contributed by atoms with Crippen LogP contribution in [0.5, 0.6) is 0 Å². The Bertz CT molecular complexity index is 366. The van der Waals surface area contributed by atoms with Gasteiger partial charge in [-0.15, -0.1) is 0 Å². The molecule has 1 fully saturated rings. The zero-order chi connectivity index (χ0) is 13.7. The van der Waals surface area contributed by atoms with Crippen LogP contribution in [0.3, 0.4) is 0 Å². The first-order valence-corrected chi connectivity index (χ1v) is 7.33. The van der Waals surface area contributed by atoms with E-state index in [0.29, 0.717) is 12.0 Å². The molecule has 1 aromatic rings. The summed E-state index contributed by atoms with van der Waals surface area (Å²) in [7, 11) is 0. The highest BCUT2D eigenvalue weighted by Crippen LogP contribution is 2.19. The Morgan fingerprint density at radius 2 is 2.05 bits per heavy atom. The molecule has 1 heterocycles. The molecule has 1 aromatic carbocycles. The number of aliphatic hydroxyl groups excluding tert-OH is 1. The predicted octanol–water partition coefficient (Wildman–Crippen LogP) is 1.87. The maximum Gasteiger partial charge on any atom is 0.0707 e. The molecule has 0 bridgehead atoms. The minimum absolute atomic E-state index is 0.205. The third kappa shape index (κ3) is 4.60. The second kappa shape index (κ2) is 7.04. The van der Waals surface area contributed by atoms with Gasteiger partial charge in [0.15, 0.2) is 0 Å². The Hall–Kier alpha value is -0.900. The summed E-state index contributed by atoms with van der Waals surface area (Å²) in [5, 5.41) is 13.7. The van der Waals surface area contributed by atoms with E-state index in [1.165, 1.54) is 5.56 Å². The van der Waals surface area contributed by atoms with Gasteiger partial charge in [0.25, 0.3) is 0 Å². The van der Waals surface area contributed by atoms with E-state index < -0.39 is 0 Å². The standard InChI is InChI=1S/C16H26N2O/c1-13(2)17-10-15-8-9-18(12-16(15)19)11-14-6-4-3-5-7-14/h3-7,13,15-17,19H,8-12H2,1-2H3/t15-,16+/m1/s1. The highest BCUT2D eigenvalue weighted by Gasteiger charge is 2.27. The van der Waals surface area contributed by atoms with Gasteiger partial charge < -0.3 is 10.4 Å². The lowest BCUT2D eigenvalue weighted by Gasteiger charge is -2.36. The smallest absolute Gasteiger partial charge is 0.0707 e. The minimum atomic E-state index is -0.205. The fraction of sp³-hybridized carbons (Fsp3) is 0.625. The number of hydrogen-bond acceptors (Lipinski definition) is 3. The summed E-state index contributed by atoms with van der Waals surface area (Å²) in [6.07, 6.45) is 0.872. The van der Waals surface area contributed by atoms with Crippen molar-refractivity contribution in [2.24, 2.45) is 5.92 Å². The van der Waals surface area contributed by atoms with Crippen LogP contribution in [0.1, 0.15) is 25.8 Å². The molecule has 3 nitrogen and oxygen atoms in total. The lowest BCUT2D eigenvalue weighted by atomic mass is 9.93. The molecule has 1 aliphatic rings. The van der Waals surface area contributed by atoms with Crippen LogP contribution >= 0.6 is 0 Å². The van der Waals surface area contributed by atoms with Crippen LogP contribution < -0.4 is 5.32 Å². The zero-order valence-electron chi connectivity index (χ0n) is 12.0. The number of aliphatic hydroxyl groups is 1. The second-order valence-electron chi connectivity index (χ2n) is 5.90. The number of piperidine rings is 1. The fourth-order valence-electron chi connectivity index (χ4n) is 2.66. The van der Waals surface area contributed by atoms with Crippen molar-refractivity contribution in [2.75, 3.05) is 19.6 Å². The maximum absolute atomic E-state index is 10.2. The zero-order valence-corrected chi connectivity index (χ0v) is 12.0. The molecule has 0 aliphatic carbocycles. The Kier molecular flexibility index (Phi) is 5.37. The van der Waals surface area contributed by atoms with Crippen LogP contribution in [-0.4, -0.2) is 41.8 Å². The molecule has 0 saturated carbocycles. The molecule has 2 N–H and O–H groups in total. The van der Waals surface area contributed by atoms with Gasteiger partial charge in [-0.2, -0.15) is 0 Å². The number of benzene rings is 1. The molecular weight excluding hydrogens is 236 g/mol. The predicted molar refractivity (Wildman–Crippen MR) is 79.0 cm³/mol. The van der Waals surface area contributed by atoms with Crippen molar-refractivity contribution < 1.29 is 5.11 Å². The summed E-state index contributed by atoms with van der Waals surface area (Å²) in [6.45, 7) is 8.05. The van der Waals surface area contributed by atoms with Gasteiger partial charge >= 0.3 is 0 Å². The molecule has 0 spiro atoms. The largest absolute Gasteiger partial charge is 0.391 e. The molecule has 1 aliphatic heterocycles. The number of nitrogens with zero attached hydrogens (tertiary/aromatic N) is 1. The Balaban J connectivity index is 1.79. The normalized spacial score (nSPS) is 24.8. The average Bonchev–Trinajstić information content (AvgIpc) is 2.39. The summed E-state index contributed by atoms with van der Waals surface area (Å²) >= 11 is 0. The second-order valence-corrected chi connectivity index (χ2v) is 5.90. The third-order valence-corrected chi connectivity index (χ3v) is 3.84. The number of likely N-dealkylation sites (tertiary alicyclic amines) is 1. The summed E-state index contributed by atoms with van der Waals surface area (Å²) in [6, 6.07) is 11.0. The molecule has 0 radical (unpaired) electrons. The lowest BCUT2D eigenvalue weighted by molar-refractivity contribution is 0.0183. The van der Waals surface area contributed by atoms with E-state index in [1.807, 2.05) is 6.07 Å². The summed E-state index contributed by atoms with van der Waals surface area (Å²) in [5.74, 6) is 0.398. The highest BCUT2D eigenvalue weighted by atomic mass is 16.3. The molecule has 19 heavy (non-hydrogen) atoms. The molecule has 3 heteroatoms. The van der Waals surface area contributed by atoms with E-state index in [4.69, 9.17) is 0 Å². The molecule has 2 atom stereocenters. The van der Waals surface area contributed by atoms with E-state index in [2.05, 4.69) is 48.3 Å². The van der Waals surface area contributed by atoms with Gasteiger partial charge in [0, 0.05) is 25.7 Å². The van der Waals surface area contributed by atoms with Crippen LogP contribution in [0.4, 0.5) is 0 Å². The summed E-state index contributed by atoms with van der Waals surface area (Å²) in [5.41, 5.74) is 1.33. The Morgan fingerprint density at radius 1 is 1.32 bits per heavy atom. The Morgan fingerprint density at radius 3 is 2.68 bits per heavy atom. The lowest BCUT2D eigenvalue weighted by Crippen LogP contribution is -2.47. The van der Waals surface area contributed by atoms with E-state index in [9.17, 15) is 5.11 Å². The van der Waals surface area contributed by atoms with Gasteiger partial charge in [0.05, 0.1) is 6.10 Å². The van der Waals surface area contributed by atoms with Crippen molar-refractivity contribution in [2.45, 2.75) is 39.0 Å². The van der Waals surface area contributed by atoms with E-state index in [1.54, 1.807) is 0 Å². The van der Waals surface area contributed by atoms with Crippen molar-refractivity contribution in [1.82, 2.24) is 10.2 Å². The van der Waals surface area contributed by atoms with Crippen LogP contribution in [0, 0.1) is 5.92 Å². The van der Waals surface area contributed by atoms with Crippen molar-refractivity contribution in [3.63, 3.8) is 0 Å². The SMILES string of the molecule is CC(C)NC[C@H]1CCN(Cc2ccccc2)C[C@@H]1O. The monoisotopic (exact) mass is 262 g/mol. The van der Waals surface area contributed by atoms with E-state index >= 15 is 0 Å². The van der Waals surface area contributed by atoms with Crippen LogP contribution in [0.2, 0.25) is 0 Å². The van der Waals surface area contributed by atoms with E-state index in [-0.39, 0.29) is 6.10 Å². The first kappa shape index (κ1) is 14.5. The number of nitrogens with one attached hydrogen (secondary N) is 1. The molecule has 0 aromatic heterocycles. The van der Waals surface area contributed by atoms with Gasteiger partial charge in [0.1, 0.15) is 0 Å². The average molecular weight is 262 g/mol. The van der Waals surface area contributed by atoms with Crippen molar-refractivity contribution >= 4 is 0 Å². The first-order valence-electron chi connectivity index (χ1n) is 7.33.